The second kappa shape index (κ2) is 5.72. The van der Waals surface area contributed by atoms with Gasteiger partial charge < -0.3 is 10.1 Å². The van der Waals surface area contributed by atoms with Crippen molar-refractivity contribution in [2.75, 3.05) is 13.2 Å². The summed E-state index contributed by atoms with van der Waals surface area (Å²) in [7, 11) is 0. The molecule has 4 nitrogen and oxygen atoms in total. The van der Waals surface area contributed by atoms with Crippen molar-refractivity contribution in [2.45, 2.75) is 38.9 Å². The lowest BCUT2D eigenvalue weighted by Crippen LogP contribution is -2.16. The van der Waals surface area contributed by atoms with Crippen LogP contribution in [0, 0.1) is 0 Å². The largest absolute Gasteiger partial charge is 0.380 e. The van der Waals surface area contributed by atoms with Gasteiger partial charge in [-0.05, 0) is 25.8 Å². The van der Waals surface area contributed by atoms with Gasteiger partial charge in [0.1, 0.15) is 0 Å². The quantitative estimate of drug-likeness (QED) is 0.776. The average molecular weight is 259 g/mol. The van der Waals surface area contributed by atoms with E-state index in [4.69, 9.17) is 9.84 Å². The van der Waals surface area contributed by atoms with Gasteiger partial charge in [-0.1, -0.05) is 18.2 Å². The summed E-state index contributed by atoms with van der Waals surface area (Å²) in [4.78, 5) is 0. The smallest absolute Gasteiger partial charge is 0.0841 e. The maximum atomic E-state index is 5.43. The van der Waals surface area contributed by atoms with E-state index < -0.39 is 0 Å². The predicted molar refractivity (Wildman–Crippen MR) is 76.1 cm³/mol. The van der Waals surface area contributed by atoms with Gasteiger partial charge in [0.2, 0.25) is 0 Å². The Labute approximate surface area is 113 Å². The maximum absolute atomic E-state index is 5.43. The van der Waals surface area contributed by atoms with Gasteiger partial charge in [0.25, 0.3) is 0 Å². The van der Waals surface area contributed by atoms with Gasteiger partial charge in [0, 0.05) is 24.6 Å². The molecule has 0 radical (unpaired) electrons. The van der Waals surface area contributed by atoms with Crippen LogP contribution in [-0.4, -0.2) is 29.0 Å². The molecule has 2 aromatic rings. The summed E-state index contributed by atoms with van der Waals surface area (Å²) in [6.45, 7) is 5.18. The summed E-state index contributed by atoms with van der Waals surface area (Å²) in [6, 6.07) is 9.15. The number of nitrogens with one attached hydrogen (secondary N) is 1. The molecule has 0 aliphatic heterocycles. The highest BCUT2D eigenvalue weighted by molar-refractivity contribution is 5.81. The topological polar surface area (TPSA) is 39.1 Å². The fourth-order valence-electron chi connectivity index (χ4n) is 2.32. The number of aromatic nitrogens is 2. The summed E-state index contributed by atoms with van der Waals surface area (Å²) >= 11 is 0. The molecule has 1 aliphatic rings. The van der Waals surface area contributed by atoms with Crippen LogP contribution >= 0.6 is 0 Å². The number of para-hydroxylation sites is 1. The van der Waals surface area contributed by atoms with E-state index in [2.05, 4.69) is 34.3 Å². The van der Waals surface area contributed by atoms with Gasteiger partial charge in [0.15, 0.2) is 0 Å². The lowest BCUT2D eigenvalue weighted by atomic mass is 10.2. The minimum Gasteiger partial charge on any atom is -0.380 e. The molecule has 0 bridgehead atoms. The number of ether oxygens (including phenoxy) is 1. The fraction of sp³-hybridized carbons (Fsp3) is 0.533. The molecule has 1 aromatic heterocycles. The zero-order valence-electron chi connectivity index (χ0n) is 11.4. The summed E-state index contributed by atoms with van der Waals surface area (Å²) in [5.41, 5.74) is 2.36. The van der Waals surface area contributed by atoms with Gasteiger partial charge in [-0.2, -0.15) is 5.10 Å². The highest BCUT2D eigenvalue weighted by Crippen LogP contribution is 2.22. The molecule has 1 fully saturated rings. The molecule has 19 heavy (non-hydrogen) atoms. The van der Waals surface area contributed by atoms with Crippen molar-refractivity contribution >= 4 is 10.9 Å². The van der Waals surface area contributed by atoms with Crippen LogP contribution in [0.2, 0.25) is 0 Å². The first kappa shape index (κ1) is 12.6. The Morgan fingerprint density at radius 1 is 1.37 bits per heavy atom. The molecule has 102 valence electrons. The fourth-order valence-corrected chi connectivity index (χ4v) is 2.32. The van der Waals surface area contributed by atoms with Gasteiger partial charge in [0.05, 0.1) is 24.4 Å². The van der Waals surface area contributed by atoms with Gasteiger partial charge >= 0.3 is 0 Å². The second-order valence-electron chi connectivity index (χ2n) is 5.04. The first-order valence-electron chi connectivity index (χ1n) is 7.14. The van der Waals surface area contributed by atoms with E-state index in [1.54, 1.807) is 0 Å². The molecule has 0 atom stereocenters. The van der Waals surface area contributed by atoms with Gasteiger partial charge in [-0.15, -0.1) is 0 Å². The van der Waals surface area contributed by atoms with E-state index in [-0.39, 0.29) is 0 Å². The number of nitrogens with zero attached hydrogens (tertiary/aromatic N) is 2. The minimum absolute atomic E-state index is 0.715. The Morgan fingerprint density at radius 2 is 2.21 bits per heavy atom. The summed E-state index contributed by atoms with van der Waals surface area (Å²) < 4.78 is 7.49. The molecule has 1 N–H and O–H groups in total. The molecule has 1 aliphatic carbocycles. The van der Waals surface area contributed by atoms with Crippen LogP contribution in [0.5, 0.6) is 0 Å². The van der Waals surface area contributed by atoms with Crippen molar-refractivity contribution in [3.8, 4) is 0 Å². The van der Waals surface area contributed by atoms with Crippen molar-refractivity contribution in [1.29, 1.82) is 0 Å². The maximum Gasteiger partial charge on any atom is 0.0841 e. The van der Waals surface area contributed by atoms with Crippen LogP contribution in [-0.2, 0) is 17.8 Å². The standard InChI is InChI=1S/C15H21N3O/c1-2-19-10-9-18-15-6-4-3-5-13(15)14(17-18)11-16-12-7-8-12/h3-6,12,16H,2,7-11H2,1H3. The molecule has 0 spiro atoms. The summed E-state index contributed by atoms with van der Waals surface area (Å²) in [5, 5.41) is 9.53. The lowest BCUT2D eigenvalue weighted by molar-refractivity contribution is 0.137. The van der Waals surface area contributed by atoms with E-state index in [0.717, 1.165) is 32.0 Å². The highest BCUT2D eigenvalue weighted by atomic mass is 16.5. The van der Waals surface area contributed by atoms with E-state index in [1.807, 2.05) is 6.92 Å². The van der Waals surface area contributed by atoms with Crippen LogP contribution in [0.4, 0.5) is 0 Å². The normalized spacial score (nSPS) is 15.2. The Bertz CT molecular complexity index is 545. The Balaban J connectivity index is 1.79. The summed E-state index contributed by atoms with van der Waals surface area (Å²) in [5.74, 6) is 0. The molecule has 1 heterocycles. The van der Waals surface area contributed by atoms with E-state index in [0.29, 0.717) is 6.04 Å². The van der Waals surface area contributed by atoms with E-state index >= 15 is 0 Å². The molecule has 0 saturated heterocycles. The van der Waals surface area contributed by atoms with Crippen molar-refractivity contribution in [1.82, 2.24) is 15.1 Å². The Morgan fingerprint density at radius 3 is 3.00 bits per heavy atom. The predicted octanol–water partition coefficient (Wildman–Crippen LogP) is 2.32. The monoisotopic (exact) mass is 259 g/mol. The number of rotatable bonds is 7. The van der Waals surface area contributed by atoms with E-state index in [9.17, 15) is 0 Å². The third-order valence-corrected chi connectivity index (χ3v) is 3.52. The zero-order chi connectivity index (χ0) is 13.1. The van der Waals surface area contributed by atoms with Crippen LogP contribution < -0.4 is 5.32 Å². The lowest BCUT2D eigenvalue weighted by Gasteiger charge is -2.03. The van der Waals surface area contributed by atoms with Crippen molar-refractivity contribution < 1.29 is 4.74 Å². The number of hydrogen-bond acceptors (Lipinski definition) is 3. The van der Waals surface area contributed by atoms with Crippen LogP contribution in [0.1, 0.15) is 25.5 Å². The van der Waals surface area contributed by atoms with E-state index in [1.165, 1.54) is 23.7 Å². The zero-order valence-corrected chi connectivity index (χ0v) is 11.4. The Hall–Kier alpha value is -1.39. The third-order valence-electron chi connectivity index (χ3n) is 3.52. The van der Waals surface area contributed by atoms with Gasteiger partial charge in [-0.25, -0.2) is 0 Å². The number of benzene rings is 1. The molecule has 3 rings (SSSR count). The second-order valence-corrected chi connectivity index (χ2v) is 5.04. The molecule has 1 aromatic carbocycles. The third kappa shape index (κ3) is 2.96. The first-order valence-corrected chi connectivity index (χ1v) is 7.14. The van der Waals surface area contributed by atoms with Crippen molar-refractivity contribution in [3.63, 3.8) is 0 Å². The highest BCUT2D eigenvalue weighted by Gasteiger charge is 2.21. The molecule has 0 amide bonds. The molecular formula is C15H21N3O. The SMILES string of the molecule is CCOCCn1nc(CNC2CC2)c2ccccc21. The number of fused-ring (bicyclic) bond motifs is 1. The number of hydrogen-bond donors (Lipinski definition) is 1. The van der Waals surface area contributed by atoms with Crippen LogP contribution in [0.3, 0.4) is 0 Å². The first-order chi connectivity index (χ1) is 9.38. The molecular weight excluding hydrogens is 238 g/mol. The molecule has 4 heteroatoms. The molecule has 1 saturated carbocycles. The summed E-state index contributed by atoms with van der Waals surface area (Å²) in [6.07, 6.45) is 2.62. The molecule has 0 unspecified atom stereocenters. The van der Waals surface area contributed by atoms with Crippen molar-refractivity contribution in [2.24, 2.45) is 0 Å². The van der Waals surface area contributed by atoms with Crippen LogP contribution in [0.15, 0.2) is 24.3 Å². The Kier molecular flexibility index (Phi) is 3.80. The van der Waals surface area contributed by atoms with Gasteiger partial charge in [-0.3, -0.25) is 4.68 Å². The van der Waals surface area contributed by atoms with Crippen molar-refractivity contribution in [3.05, 3.63) is 30.0 Å². The minimum atomic E-state index is 0.715. The van der Waals surface area contributed by atoms with Crippen LogP contribution in [0.25, 0.3) is 10.9 Å². The average Bonchev–Trinajstić information content (AvgIpc) is 3.20.